The lowest BCUT2D eigenvalue weighted by Gasteiger charge is -2.17. The molecule has 3 N–H and O–H groups in total. The van der Waals surface area contributed by atoms with Gasteiger partial charge in [-0.15, -0.1) is 0 Å². The van der Waals surface area contributed by atoms with Crippen LogP contribution in [-0.4, -0.2) is 19.8 Å². The Balaban J connectivity index is 0. The van der Waals surface area contributed by atoms with E-state index >= 15 is 0 Å². The predicted molar refractivity (Wildman–Crippen MR) is 79.9 cm³/mol. The standard InChI is InChI=1S/C10H19N3O.2C2H6/c1-3-14-6-4-5-11-10-7-9(2)8-12-13-10;2*1-2/h7-8,11-13H,3-6H2,1-2H3;2*1-2H3. The minimum Gasteiger partial charge on any atom is -0.382 e. The molecule has 4 nitrogen and oxygen atoms in total. The number of ether oxygens (including phenoxy) is 1. The van der Waals surface area contributed by atoms with Crippen molar-refractivity contribution in [3.63, 3.8) is 0 Å². The quantitative estimate of drug-likeness (QED) is 0.640. The Morgan fingerprint density at radius 1 is 1.22 bits per heavy atom. The van der Waals surface area contributed by atoms with E-state index in [1.54, 1.807) is 0 Å². The molecular formula is C14H31N3O. The second kappa shape index (κ2) is 15.8. The fourth-order valence-corrected chi connectivity index (χ4v) is 1.17. The highest BCUT2D eigenvalue weighted by atomic mass is 16.5. The summed E-state index contributed by atoms with van der Waals surface area (Å²) in [6, 6.07) is 0. The Bertz CT molecular complexity index is 225. The zero-order valence-electron chi connectivity index (χ0n) is 12.9. The van der Waals surface area contributed by atoms with Crippen molar-refractivity contribution in [3.05, 3.63) is 23.7 Å². The molecule has 0 atom stereocenters. The van der Waals surface area contributed by atoms with Crippen molar-refractivity contribution in [2.24, 2.45) is 0 Å². The first-order chi connectivity index (χ1) is 8.83. The number of allylic oxidation sites excluding steroid dienone is 2. The van der Waals surface area contributed by atoms with Crippen LogP contribution >= 0.6 is 0 Å². The van der Waals surface area contributed by atoms with Crippen LogP contribution in [0.25, 0.3) is 0 Å². The van der Waals surface area contributed by atoms with E-state index in [1.807, 2.05) is 40.8 Å². The van der Waals surface area contributed by atoms with Crippen LogP contribution in [0.1, 0.15) is 48.0 Å². The maximum atomic E-state index is 5.24. The van der Waals surface area contributed by atoms with Gasteiger partial charge >= 0.3 is 0 Å². The largest absolute Gasteiger partial charge is 0.382 e. The third-order valence-electron chi connectivity index (χ3n) is 1.86. The smallest absolute Gasteiger partial charge is 0.118 e. The second-order valence-corrected chi connectivity index (χ2v) is 3.19. The summed E-state index contributed by atoms with van der Waals surface area (Å²) >= 11 is 0. The van der Waals surface area contributed by atoms with Gasteiger partial charge in [0.05, 0.1) is 0 Å². The molecule has 0 aromatic rings. The highest BCUT2D eigenvalue weighted by Gasteiger charge is 1.99. The molecule has 1 aliphatic heterocycles. The van der Waals surface area contributed by atoms with Gasteiger partial charge in [0.15, 0.2) is 0 Å². The van der Waals surface area contributed by atoms with Gasteiger partial charge in [-0.25, -0.2) is 0 Å². The van der Waals surface area contributed by atoms with Crippen molar-refractivity contribution in [3.8, 4) is 0 Å². The lowest BCUT2D eigenvalue weighted by molar-refractivity contribution is 0.145. The first kappa shape index (κ1) is 19.2. The van der Waals surface area contributed by atoms with Crippen molar-refractivity contribution < 1.29 is 4.74 Å². The Labute approximate surface area is 113 Å². The lowest BCUT2D eigenvalue weighted by Crippen LogP contribution is -2.37. The Morgan fingerprint density at radius 3 is 2.44 bits per heavy atom. The van der Waals surface area contributed by atoms with E-state index < -0.39 is 0 Å². The molecule has 1 aliphatic rings. The Morgan fingerprint density at radius 2 is 1.89 bits per heavy atom. The number of hydrogen-bond acceptors (Lipinski definition) is 4. The first-order valence-corrected chi connectivity index (χ1v) is 7.04. The molecule has 0 amide bonds. The molecule has 0 spiro atoms. The van der Waals surface area contributed by atoms with E-state index in [9.17, 15) is 0 Å². The highest BCUT2D eigenvalue weighted by Crippen LogP contribution is 1.99. The van der Waals surface area contributed by atoms with Crippen LogP contribution in [0, 0.1) is 0 Å². The van der Waals surface area contributed by atoms with Crippen LogP contribution in [0.15, 0.2) is 23.7 Å². The summed E-state index contributed by atoms with van der Waals surface area (Å²) in [4.78, 5) is 0. The summed E-state index contributed by atoms with van der Waals surface area (Å²) < 4.78 is 5.24. The molecule has 108 valence electrons. The van der Waals surface area contributed by atoms with Crippen LogP contribution in [0.2, 0.25) is 0 Å². The van der Waals surface area contributed by atoms with E-state index in [2.05, 4.69) is 29.2 Å². The number of hydrogen-bond donors (Lipinski definition) is 3. The molecule has 0 radical (unpaired) electrons. The van der Waals surface area contributed by atoms with Gasteiger partial charge in [-0.3, -0.25) is 5.43 Å². The molecule has 0 aliphatic carbocycles. The molecule has 0 fully saturated rings. The third-order valence-corrected chi connectivity index (χ3v) is 1.86. The third kappa shape index (κ3) is 11.3. The summed E-state index contributed by atoms with van der Waals surface area (Å²) in [6.07, 6.45) is 5.01. The van der Waals surface area contributed by atoms with E-state index in [4.69, 9.17) is 4.74 Å². The summed E-state index contributed by atoms with van der Waals surface area (Å²) in [7, 11) is 0. The SMILES string of the molecule is CC.CC.CCOCCCNC1=CC(C)=CNN1. The van der Waals surface area contributed by atoms with Crippen molar-refractivity contribution >= 4 is 0 Å². The summed E-state index contributed by atoms with van der Waals surface area (Å²) in [5.41, 5.74) is 7.19. The molecule has 4 heteroatoms. The topological polar surface area (TPSA) is 45.3 Å². The monoisotopic (exact) mass is 257 g/mol. The maximum absolute atomic E-state index is 5.24. The van der Waals surface area contributed by atoms with Gasteiger partial charge in [0.2, 0.25) is 0 Å². The molecule has 1 heterocycles. The van der Waals surface area contributed by atoms with Crippen LogP contribution in [0.5, 0.6) is 0 Å². The van der Waals surface area contributed by atoms with Crippen LogP contribution in [0.3, 0.4) is 0 Å². The first-order valence-electron chi connectivity index (χ1n) is 7.04. The number of hydrazine groups is 1. The van der Waals surface area contributed by atoms with Gasteiger partial charge in [0.25, 0.3) is 0 Å². The maximum Gasteiger partial charge on any atom is 0.118 e. The van der Waals surface area contributed by atoms with Crippen molar-refractivity contribution in [1.29, 1.82) is 0 Å². The normalized spacial score (nSPS) is 12.3. The van der Waals surface area contributed by atoms with Gasteiger partial charge in [0, 0.05) is 26.0 Å². The average Bonchev–Trinajstić information content (AvgIpc) is 2.43. The van der Waals surface area contributed by atoms with Crippen molar-refractivity contribution in [2.45, 2.75) is 48.0 Å². The van der Waals surface area contributed by atoms with Crippen LogP contribution in [0.4, 0.5) is 0 Å². The molecule has 18 heavy (non-hydrogen) atoms. The molecule has 0 aromatic carbocycles. The molecule has 0 unspecified atom stereocenters. The second-order valence-electron chi connectivity index (χ2n) is 3.19. The minimum absolute atomic E-state index is 0.796. The Kier molecular flexibility index (Phi) is 16.9. The molecule has 0 aromatic heterocycles. The summed E-state index contributed by atoms with van der Waals surface area (Å²) in [5, 5.41) is 3.28. The van der Waals surface area contributed by atoms with Gasteiger partial charge in [-0.1, -0.05) is 27.7 Å². The van der Waals surface area contributed by atoms with E-state index in [-0.39, 0.29) is 0 Å². The fraction of sp³-hybridized carbons (Fsp3) is 0.714. The van der Waals surface area contributed by atoms with Crippen molar-refractivity contribution in [2.75, 3.05) is 19.8 Å². The van der Waals surface area contributed by atoms with E-state index in [0.29, 0.717) is 0 Å². The molecular weight excluding hydrogens is 226 g/mol. The zero-order valence-corrected chi connectivity index (χ0v) is 12.9. The number of nitrogens with one attached hydrogen (secondary N) is 3. The summed E-state index contributed by atoms with van der Waals surface area (Å²) in [5.74, 6) is 1.02. The van der Waals surface area contributed by atoms with Crippen molar-refractivity contribution in [1.82, 2.24) is 16.2 Å². The zero-order chi connectivity index (χ0) is 14.2. The van der Waals surface area contributed by atoms with Gasteiger partial charge in [0.1, 0.15) is 5.82 Å². The Hall–Kier alpha value is -1.16. The lowest BCUT2D eigenvalue weighted by atomic mass is 10.3. The molecule has 0 saturated heterocycles. The average molecular weight is 257 g/mol. The van der Waals surface area contributed by atoms with Crippen LogP contribution in [-0.2, 0) is 4.74 Å². The highest BCUT2D eigenvalue weighted by molar-refractivity contribution is 5.22. The summed E-state index contributed by atoms with van der Waals surface area (Å²) in [6.45, 7) is 14.6. The van der Waals surface area contributed by atoms with Gasteiger partial charge < -0.3 is 15.5 Å². The van der Waals surface area contributed by atoms with Gasteiger partial charge in [-0.05, 0) is 31.9 Å². The predicted octanol–water partition coefficient (Wildman–Crippen LogP) is 2.91. The molecule has 0 bridgehead atoms. The fourth-order valence-electron chi connectivity index (χ4n) is 1.17. The van der Waals surface area contributed by atoms with Crippen LogP contribution < -0.4 is 16.2 Å². The van der Waals surface area contributed by atoms with E-state index in [1.165, 1.54) is 5.57 Å². The van der Waals surface area contributed by atoms with E-state index in [0.717, 1.165) is 32.0 Å². The number of rotatable bonds is 6. The molecule has 1 rings (SSSR count). The minimum atomic E-state index is 0.796. The molecule has 0 saturated carbocycles. The van der Waals surface area contributed by atoms with Gasteiger partial charge in [-0.2, -0.15) is 0 Å².